The molecule has 0 spiro atoms. The summed E-state index contributed by atoms with van der Waals surface area (Å²) in [6.07, 6.45) is 2.60. The lowest BCUT2D eigenvalue weighted by molar-refractivity contribution is -0.119. The van der Waals surface area contributed by atoms with Crippen molar-refractivity contribution in [2.75, 3.05) is 26.8 Å². The predicted octanol–water partition coefficient (Wildman–Crippen LogP) is 4.16. The summed E-state index contributed by atoms with van der Waals surface area (Å²) < 4.78 is 30.5. The zero-order valence-electron chi connectivity index (χ0n) is 25.8. The molecule has 3 aliphatic rings. The Balaban J connectivity index is 1.26. The minimum atomic E-state index is -1.35. The fourth-order valence-electron chi connectivity index (χ4n) is 6.81. The van der Waals surface area contributed by atoms with Crippen molar-refractivity contribution in [3.8, 4) is 22.9 Å². The molecule has 242 valence electrons. The third-order valence-electron chi connectivity index (χ3n) is 9.20. The summed E-state index contributed by atoms with van der Waals surface area (Å²) in [5.41, 5.74) is 4.47. The number of hydrogen-bond acceptors (Lipinski definition) is 6. The number of fused-ring (bicyclic) bond motifs is 2. The van der Waals surface area contributed by atoms with Gasteiger partial charge in [0, 0.05) is 43.1 Å². The number of hydrogen-bond donors (Lipinski definition) is 3. The Kier molecular flexibility index (Phi) is 7.69. The second-order valence-electron chi connectivity index (χ2n) is 12.6. The van der Waals surface area contributed by atoms with Crippen molar-refractivity contribution in [1.29, 1.82) is 0 Å². The van der Waals surface area contributed by atoms with Gasteiger partial charge in [-0.25, -0.2) is 13.7 Å². The Morgan fingerprint density at radius 3 is 2.70 bits per heavy atom. The number of nitrogens with one attached hydrogen (secondary N) is 2. The first kappa shape index (κ1) is 29.9. The molecule has 12 nitrogen and oxygen atoms in total. The van der Waals surface area contributed by atoms with Crippen molar-refractivity contribution < 1.29 is 33.4 Å². The second kappa shape index (κ2) is 11.8. The molecular formula is C33H37FN6O6. The molecule has 5 heterocycles. The first-order valence-corrected chi connectivity index (χ1v) is 15.7. The maximum Gasteiger partial charge on any atom is 0.404 e. The van der Waals surface area contributed by atoms with Crippen LogP contribution < -0.4 is 20.1 Å². The van der Waals surface area contributed by atoms with Crippen LogP contribution in [-0.4, -0.2) is 87.2 Å². The number of carboxylic acid groups (broad SMARTS) is 1. The second-order valence-corrected chi connectivity index (χ2v) is 12.6. The van der Waals surface area contributed by atoms with Crippen molar-refractivity contribution in [2.24, 2.45) is 5.92 Å². The van der Waals surface area contributed by atoms with E-state index in [1.54, 1.807) is 16.8 Å². The smallest absolute Gasteiger partial charge is 0.404 e. The number of methoxy groups -OCH3 is 1. The van der Waals surface area contributed by atoms with Gasteiger partial charge >= 0.3 is 6.09 Å². The van der Waals surface area contributed by atoms with Gasteiger partial charge in [0.1, 0.15) is 35.5 Å². The number of para-hydroxylation sites is 1. The fourth-order valence-corrected chi connectivity index (χ4v) is 6.81. The third kappa shape index (κ3) is 5.69. The normalized spacial score (nSPS) is 21.5. The molecule has 3 atom stereocenters. The number of carbonyl (C=O) groups excluding carboxylic acids is 2. The largest absolute Gasteiger partial charge is 0.494 e. The van der Waals surface area contributed by atoms with Crippen molar-refractivity contribution in [3.05, 3.63) is 47.7 Å². The number of nitrogens with zero attached hydrogens (tertiary/aromatic N) is 4. The molecule has 1 saturated carbocycles. The lowest BCUT2D eigenvalue weighted by atomic mass is 10.0. The SMILES string of the molecule is COc1cc(C(=O)N2C[C@H](F)C[C@@H](NC(=O)O)C2)cn2nc(-c3cc4cccc(OCC5CCC(=O)N5)c4n3CC3CC3)c(C)c12. The zero-order chi connectivity index (χ0) is 32.1. The Labute approximate surface area is 264 Å². The van der Waals surface area contributed by atoms with Crippen LogP contribution in [-0.2, 0) is 11.3 Å². The van der Waals surface area contributed by atoms with E-state index in [0.717, 1.165) is 59.4 Å². The van der Waals surface area contributed by atoms with Gasteiger partial charge in [-0.3, -0.25) is 9.59 Å². The van der Waals surface area contributed by atoms with Gasteiger partial charge in [-0.05, 0) is 50.3 Å². The number of carbonyl (C=O) groups is 3. The first-order valence-electron chi connectivity index (χ1n) is 15.7. The van der Waals surface area contributed by atoms with E-state index in [0.29, 0.717) is 30.2 Å². The fraction of sp³-hybridized carbons (Fsp3) is 0.455. The van der Waals surface area contributed by atoms with Gasteiger partial charge < -0.3 is 34.7 Å². The van der Waals surface area contributed by atoms with E-state index >= 15 is 0 Å². The van der Waals surface area contributed by atoms with Gasteiger partial charge in [0.05, 0.1) is 42.5 Å². The maximum absolute atomic E-state index is 14.5. The molecule has 3 N–H and O–H groups in total. The van der Waals surface area contributed by atoms with Gasteiger partial charge in [0.15, 0.2) is 0 Å². The van der Waals surface area contributed by atoms with Crippen LogP contribution in [0, 0.1) is 12.8 Å². The lowest BCUT2D eigenvalue weighted by Crippen LogP contribution is -2.53. The predicted molar refractivity (Wildman–Crippen MR) is 167 cm³/mol. The van der Waals surface area contributed by atoms with E-state index < -0.39 is 24.2 Å². The Bertz CT molecular complexity index is 1850. The topological polar surface area (TPSA) is 139 Å². The van der Waals surface area contributed by atoms with Crippen LogP contribution in [0.1, 0.15) is 48.0 Å². The van der Waals surface area contributed by atoms with E-state index in [1.807, 2.05) is 19.1 Å². The van der Waals surface area contributed by atoms with Gasteiger partial charge in [-0.1, -0.05) is 12.1 Å². The van der Waals surface area contributed by atoms with Crippen LogP contribution in [0.5, 0.6) is 11.5 Å². The average molecular weight is 633 g/mol. The van der Waals surface area contributed by atoms with Crippen LogP contribution >= 0.6 is 0 Å². The first-order chi connectivity index (χ1) is 22.2. The van der Waals surface area contributed by atoms with Crippen LogP contribution in [0.15, 0.2) is 36.5 Å². The number of pyridine rings is 1. The summed E-state index contributed by atoms with van der Waals surface area (Å²) in [5, 5.41) is 20.4. The summed E-state index contributed by atoms with van der Waals surface area (Å²) >= 11 is 0. The van der Waals surface area contributed by atoms with Crippen molar-refractivity contribution in [2.45, 2.75) is 63.8 Å². The maximum atomic E-state index is 14.5. The Morgan fingerprint density at radius 2 is 1.98 bits per heavy atom. The molecule has 2 aliphatic heterocycles. The average Bonchev–Trinajstić information content (AvgIpc) is 3.49. The van der Waals surface area contributed by atoms with Crippen molar-refractivity contribution >= 4 is 34.3 Å². The quantitative estimate of drug-likeness (QED) is 0.252. The Morgan fingerprint density at radius 1 is 1.15 bits per heavy atom. The molecule has 3 aromatic heterocycles. The van der Waals surface area contributed by atoms with Gasteiger partial charge in [0.2, 0.25) is 5.91 Å². The highest BCUT2D eigenvalue weighted by molar-refractivity contribution is 5.96. The van der Waals surface area contributed by atoms with E-state index in [9.17, 15) is 18.8 Å². The minimum absolute atomic E-state index is 0.0128. The van der Waals surface area contributed by atoms with Gasteiger partial charge in [-0.15, -0.1) is 0 Å². The number of amides is 3. The highest BCUT2D eigenvalue weighted by Crippen LogP contribution is 2.41. The minimum Gasteiger partial charge on any atom is -0.494 e. The van der Waals surface area contributed by atoms with E-state index in [1.165, 1.54) is 12.0 Å². The molecule has 3 fully saturated rings. The van der Waals surface area contributed by atoms with Crippen LogP contribution in [0.3, 0.4) is 0 Å². The number of ether oxygens (including phenoxy) is 2. The highest BCUT2D eigenvalue weighted by atomic mass is 19.1. The molecule has 1 unspecified atom stereocenters. The number of alkyl halides is 1. The molecule has 4 aromatic rings. The van der Waals surface area contributed by atoms with Crippen molar-refractivity contribution in [3.63, 3.8) is 0 Å². The van der Waals surface area contributed by atoms with Crippen LogP contribution in [0.4, 0.5) is 9.18 Å². The van der Waals surface area contributed by atoms with Crippen LogP contribution in [0.25, 0.3) is 27.8 Å². The summed E-state index contributed by atoms with van der Waals surface area (Å²) in [6.45, 7) is 3.11. The molecule has 13 heteroatoms. The third-order valence-corrected chi connectivity index (χ3v) is 9.20. The van der Waals surface area contributed by atoms with Crippen LogP contribution in [0.2, 0.25) is 0 Å². The van der Waals surface area contributed by atoms with Gasteiger partial charge in [-0.2, -0.15) is 5.10 Å². The lowest BCUT2D eigenvalue weighted by Gasteiger charge is -2.34. The summed E-state index contributed by atoms with van der Waals surface area (Å²) in [5.74, 6) is 1.37. The summed E-state index contributed by atoms with van der Waals surface area (Å²) in [6, 6.07) is 9.01. The molecule has 0 radical (unpaired) electrons. The number of aromatic nitrogens is 3. The standard InChI is InChI=1S/C33H37FN6O6/c1-18-29(25-10-20-4-3-5-26(31(20)39(25)13-19-6-7-19)46-17-23-8-9-28(41)35-23)37-40-14-21(11-27(45-2)30(18)40)32(42)38-15-22(34)12-24(16-38)36-33(43)44/h3-5,10-11,14,19,22-24,36H,6-9,12-13,15-17H2,1-2H3,(H,35,41)(H,43,44)/t22-,23?,24-/m1/s1. The Hall–Kier alpha value is -4.81. The molecular weight excluding hydrogens is 595 g/mol. The number of likely N-dealkylation sites (tertiary alicyclic amines) is 1. The molecule has 46 heavy (non-hydrogen) atoms. The number of halogens is 1. The number of rotatable bonds is 9. The molecule has 7 rings (SSSR count). The molecule has 0 bridgehead atoms. The molecule has 3 amide bonds. The van der Waals surface area contributed by atoms with E-state index in [-0.39, 0.29) is 37.0 Å². The molecule has 1 aliphatic carbocycles. The van der Waals surface area contributed by atoms with Crippen molar-refractivity contribution in [1.82, 2.24) is 29.7 Å². The zero-order valence-corrected chi connectivity index (χ0v) is 25.8. The van der Waals surface area contributed by atoms with Gasteiger partial charge in [0.25, 0.3) is 5.91 Å². The summed E-state index contributed by atoms with van der Waals surface area (Å²) in [7, 11) is 1.53. The summed E-state index contributed by atoms with van der Waals surface area (Å²) in [4.78, 5) is 37.8. The number of aryl methyl sites for hydroxylation is 1. The van der Waals surface area contributed by atoms with E-state index in [4.69, 9.17) is 19.7 Å². The molecule has 2 saturated heterocycles. The number of piperidine rings is 1. The van der Waals surface area contributed by atoms with E-state index in [2.05, 4.69) is 27.3 Å². The number of benzene rings is 1. The highest BCUT2D eigenvalue weighted by Gasteiger charge is 2.33. The monoisotopic (exact) mass is 632 g/mol. The molecule has 1 aromatic carbocycles.